The predicted octanol–water partition coefficient (Wildman–Crippen LogP) is 3.48. The fourth-order valence-electron chi connectivity index (χ4n) is 2.98. The van der Waals surface area contributed by atoms with E-state index in [9.17, 15) is 0 Å². The molecule has 0 bridgehead atoms. The van der Waals surface area contributed by atoms with Crippen LogP contribution in [0.25, 0.3) is 0 Å². The smallest absolute Gasteiger partial charge is 0.0416 e. The van der Waals surface area contributed by atoms with Crippen LogP contribution in [-0.2, 0) is 0 Å². The number of rotatable bonds is 4. The average Bonchev–Trinajstić information content (AvgIpc) is 2.84. The molecule has 0 aromatic heterocycles. The fraction of sp³-hybridized carbons (Fsp3) is 0.600. The zero-order valence-corrected chi connectivity index (χ0v) is 11.0. The van der Waals surface area contributed by atoms with Gasteiger partial charge in [-0.25, -0.2) is 0 Å². The molecule has 94 valence electrons. The molecule has 0 saturated heterocycles. The Hall–Kier alpha value is -1.02. The van der Waals surface area contributed by atoms with E-state index in [1.165, 1.54) is 36.9 Å². The van der Waals surface area contributed by atoms with Gasteiger partial charge in [0, 0.05) is 24.3 Å². The molecule has 2 rings (SSSR count). The Kier molecular flexibility index (Phi) is 4.06. The minimum absolute atomic E-state index is 0.113. The topological polar surface area (TPSA) is 29.3 Å². The van der Waals surface area contributed by atoms with Crippen molar-refractivity contribution in [2.45, 2.75) is 51.6 Å². The monoisotopic (exact) mass is 232 g/mol. The molecule has 2 N–H and O–H groups in total. The van der Waals surface area contributed by atoms with Crippen LogP contribution in [-0.4, -0.2) is 12.6 Å². The molecule has 2 nitrogen and oxygen atoms in total. The number of anilines is 1. The molecule has 0 amide bonds. The summed E-state index contributed by atoms with van der Waals surface area (Å²) >= 11 is 0. The van der Waals surface area contributed by atoms with Crippen molar-refractivity contribution < 1.29 is 0 Å². The second-order valence-corrected chi connectivity index (χ2v) is 5.07. The lowest BCUT2D eigenvalue weighted by Crippen LogP contribution is -2.34. The van der Waals surface area contributed by atoms with Gasteiger partial charge in [-0.15, -0.1) is 0 Å². The first-order chi connectivity index (χ1) is 8.24. The van der Waals surface area contributed by atoms with Gasteiger partial charge in [-0.1, -0.05) is 31.0 Å². The van der Waals surface area contributed by atoms with Crippen molar-refractivity contribution >= 4 is 5.69 Å². The molecule has 1 saturated carbocycles. The van der Waals surface area contributed by atoms with Crippen molar-refractivity contribution in [3.8, 4) is 0 Å². The number of hydrogen-bond acceptors (Lipinski definition) is 2. The van der Waals surface area contributed by atoms with Crippen LogP contribution < -0.4 is 10.6 Å². The Morgan fingerprint density at radius 3 is 2.53 bits per heavy atom. The number of hydrogen-bond donors (Lipinski definition) is 1. The highest BCUT2D eigenvalue weighted by Crippen LogP contribution is 2.32. The average molecular weight is 232 g/mol. The van der Waals surface area contributed by atoms with Gasteiger partial charge in [-0.05, 0) is 38.3 Å². The first-order valence-electron chi connectivity index (χ1n) is 6.85. The van der Waals surface area contributed by atoms with E-state index >= 15 is 0 Å². The van der Waals surface area contributed by atoms with Gasteiger partial charge in [0.05, 0.1) is 0 Å². The predicted molar refractivity (Wildman–Crippen MR) is 74.3 cm³/mol. The second-order valence-electron chi connectivity index (χ2n) is 5.07. The zero-order valence-electron chi connectivity index (χ0n) is 11.0. The SMILES string of the molecule is CCN(c1ccccc1[C@@H](C)N)C1CCCC1. The van der Waals surface area contributed by atoms with Crippen LogP contribution in [0.1, 0.15) is 51.1 Å². The van der Waals surface area contributed by atoms with Crippen LogP contribution in [0.5, 0.6) is 0 Å². The van der Waals surface area contributed by atoms with Gasteiger partial charge >= 0.3 is 0 Å². The third-order valence-corrected chi connectivity index (χ3v) is 3.84. The van der Waals surface area contributed by atoms with Gasteiger partial charge in [0.25, 0.3) is 0 Å². The number of para-hydroxylation sites is 1. The summed E-state index contributed by atoms with van der Waals surface area (Å²) < 4.78 is 0. The Balaban J connectivity index is 2.29. The maximum atomic E-state index is 6.08. The summed E-state index contributed by atoms with van der Waals surface area (Å²) in [6, 6.07) is 9.43. The second kappa shape index (κ2) is 5.54. The van der Waals surface area contributed by atoms with Crippen LogP contribution in [0.15, 0.2) is 24.3 Å². The largest absolute Gasteiger partial charge is 0.369 e. The number of nitrogens with two attached hydrogens (primary N) is 1. The van der Waals surface area contributed by atoms with Gasteiger partial charge in [-0.3, -0.25) is 0 Å². The highest BCUT2D eigenvalue weighted by molar-refractivity contribution is 5.55. The van der Waals surface area contributed by atoms with Gasteiger partial charge in [0.15, 0.2) is 0 Å². The first kappa shape index (κ1) is 12.4. The highest BCUT2D eigenvalue weighted by atomic mass is 15.2. The highest BCUT2D eigenvalue weighted by Gasteiger charge is 2.23. The van der Waals surface area contributed by atoms with Crippen LogP contribution in [0.4, 0.5) is 5.69 Å². The molecule has 2 heteroatoms. The van der Waals surface area contributed by atoms with Crippen molar-refractivity contribution in [3.63, 3.8) is 0 Å². The lowest BCUT2D eigenvalue weighted by molar-refractivity contribution is 0.614. The minimum atomic E-state index is 0.113. The molecule has 1 aliphatic carbocycles. The van der Waals surface area contributed by atoms with E-state index in [-0.39, 0.29) is 6.04 Å². The summed E-state index contributed by atoms with van der Waals surface area (Å²) in [5, 5.41) is 0. The maximum Gasteiger partial charge on any atom is 0.0416 e. The van der Waals surface area contributed by atoms with E-state index < -0.39 is 0 Å². The Labute approximate surface area is 105 Å². The standard InChI is InChI=1S/C15H24N2/c1-3-17(13-8-4-5-9-13)15-11-7-6-10-14(15)12(2)16/h6-7,10-13H,3-5,8-9,16H2,1-2H3/t12-/m1/s1. The van der Waals surface area contributed by atoms with Crippen LogP contribution >= 0.6 is 0 Å². The van der Waals surface area contributed by atoms with Gasteiger partial charge < -0.3 is 10.6 Å². The molecular weight excluding hydrogens is 208 g/mol. The quantitative estimate of drug-likeness (QED) is 0.861. The van der Waals surface area contributed by atoms with E-state index in [1.54, 1.807) is 0 Å². The molecule has 1 atom stereocenters. The van der Waals surface area contributed by atoms with Gasteiger partial charge in [0.1, 0.15) is 0 Å². The number of nitrogens with zero attached hydrogens (tertiary/aromatic N) is 1. The Bertz CT molecular complexity index is 354. The normalized spacial score (nSPS) is 18.3. The third-order valence-electron chi connectivity index (χ3n) is 3.84. The maximum absolute atomic E-state index is 6.08. The van der Waals surface area contributed by atoms with E-state index in [0.29, 0.717) is 0 Å². The van der Waals surface area contributed by atoms with Gasteiger partial charge in [-0.2, -0.15) is 0 Å². The summed E-state index contributed by atoms with van der Waals surface area (Å²) in [5.41, 5.74) is 8.70. The molecule has 1 fully saturated rings. The molecule has 1 aliphatic rings. The molecule has 0 unspecified atom stereocenters. The van der Waals surface area contributed by atoms with Crippen molar-refractivity contribution in [3.05, 3.63) is 29.8 Å². The van der Waals surface area contributed by atoms with Crippen LogP contribution in [0, 0.1) is 0 Å². The lowest BCUT2D eigenvalue weighted by atomic mass is 10.0. The summed E-state index contributed by atoms with van der Waals surface area (Å²) in [7, 11) is 0. The third kappa shape index (κ3) is 2.63. The molecule has 1 aromatic carbocycles. The van der Waals surface area contributed by atoms with Crippen LogP contribution in [0.2, 0.25) is 0 Å². The van der Waals surface area contributed by atoms with E-state index in [1.807, 2.05) is 0 Å². The fourth-order valence-corrected chi connectivity index (χ4v) is 2.98. The van der Waals surface area contributed by atoms with Crippen molar-refractivity contribution in [1.29, 1.82) is 0 Å². The molecular formula is C15H24N2. The van der Waals surface area contributed by atoms with Gasteiger partial charge in [0.2, 0.25) is 0 Å². The summed E-state index contributed by atoms with van der Waals surface area (Å²) in [5.74, 6) is 0. The van der Waals surface area contributed by atoms with Crippen molar-refractivity contribution in [2.75, 3.05) is 11.4 Å². The molecule has 0 heterocycles. The lowest BCUT2D eigenvalue weighted by Gasteiger charge is -2.32. The summed E-state index contributed by atoms with van der Waals surface area (Å²) in [4.78, 5) is 2.55. The van der Waals surface area contributed by atoms with E-state index in [0.717, 1.165) is 12.6 Å². The first-order valence-corrected chi connectivity index (χ1v) is 6.85. The molecule has 17 heavy (non-hydrogen) atoms. The molecule has 0 spiro atoms. The van der Waals surface area contributed by atoms with E-state index in [4.69, 9.17) is 5.73 Å². The molecule has 0 radical (unpaired) electrons. The van der Waals surface area contributed by atoms with Crippen LogP contribution in [0.3, 0.4) is 0 Å². The Morgan fingerprint density at radius 2 is 1.94 bits per heavy atom. The Morgan fingerprint density at radius 1 is 1.29 bits per heavy atom. The summed E-state index contributed by atoms with van der Waals surface area (Å²) in [6.07, 6.45) is 5.42. The van der Waals surface area contributed by atoms with Crippen molar-refractivity contribution in [1.82, 2.24) is 0 Å². The summed E-state index contributed by atoms with van der Waals surface area (Å²) in [6.45, 7) is 5.39. The number of benzene rings is 1. The molecule has 0 aliphatic heterocycles. The molecule has 1 aromatic rings. The van der Waals surface area contributed by atoms with E-state index in [2.05, 4.69) is 43.0 Å². The zero-order chi connectivity index (χ0) is 12.3. The minimum Gasteiger partial charge on any atom is -0.369 e. The van der Waals surface area contributed by atoms with Crippen molar-refractivity contribution in [2.24, 2.45) is 5.73 Å².